The first-order valence-electron chi connectivity index (χ1n) is 9.08. The van der Waals surface area contributed by atoms with Crippen LogP contribution in [0.3, 0.4) is 0 Å². The lowest BCUT2D eigenvalue weighted by Crippen LogP contribution is -2.42. The molecule has 0 aromatic carbocycles. The number of carbonyl (C=O) groups is 1. The van der Waals surface area contributed by atoms with Gasteiger partial charge in [-0.15, -0.1) is 0 Å². The van der Waals surface area contributed by atoms with Crippen LogP contribution in [0.4, 0.5) is 0 Å². The Bertz CT molecular complexity index is 349. The summed E-state index contributed by atoms with van der Waals surface area (Å²) in [4.78, 5) is 18.2. The Morgan fingerprint density at radius 2 is 1.61 bits per heavy atom. The lowest BCUT2D eigenvalue weighted by Gasteiger charge is -2.20. The molecule has 134 valence electrons. The summed E-state index contributed by atoms with van der Waals surface area (Å²) in [6.45, 7) is 9.69. The quantitative estimate of drug-likeness (QED) is 0.356. The number of hydrogen-bond acceptors (Lipinski definition) is 3. The van der Waals surface area contributed by atoms with Crippen molar-refractivity contribution >= 4 is 11.9 Å². The van der Waals surface area contributed by atoms with Crippen molar-refractivity contribution in [2.24, 2.45) is 10.9 Å². The molecular weight excluding hydrogens is 290 g/mol. The molecule has 1 saturated heterocycles. The fourth-order valence-electron chi connectivity index (χ4n) is 2.66. The first kappa shape index (κ1) is 19.7. The summed E-state index contributed by atoms with van der Waals surface area (Å²) < 4.78 is 0. The zero-order valence-electron chi connectivity index (χ0n) is 15.2. The number of amides is 1. The van der Waals surface area contributed by atoms with Crippen molar-refractivity contribution in [3.05, 3.63) is 0 Å². The van der Waals surface area contributed by atoms with Gasteiger partial charge in [0, 0.05) is 32.6 Å². The van der Waals surface area contributed by atoms with Crippen LogP contribution in [-0.4, -0.2) is 63.1 Å². The second kappa shape index (κ2) is 12.2. The number of carbonyl (C=O) groups excluding carboxylic acids is 1. The fraction of sp³-hybridized carbons (Fsp3) is 0.882. The van der Waals surface area contributed by atoms with Crippen LogP contribution in [0.25, 0.3) is 0 Å². The molecule has 0 radical (unpaired) electrons. The zero-order chi connectivity index (χ0) is 16.9. The van der Waals surface area contributed by atoms with Gasteiger partial charge in [0.25, 0.3) is 0 Å². The van der Waals surface area contributed by atoms with E-state index in [9.17, 15) is 4.79 Å². The maximum Gasteiger partial charge on any atom is 0.222 e. The molecule has 0 aromatic heterocycles. The van der Waals surface area contributed by atoms with Crippen LogP contribution in [0.1, 0.15) is 46.0 Å². The lowest BCUT2D eigenvalue weighted by molar-refractivity contribution is -0.123. The van der Waals surface area contributed by atoms with E-state index in [2.05, 4.69) is 25.8 Å². The molecule has 6 nitrogen and oxygen atoms in total. The average molecular weight is 326 g/mol. The topological polar surface area (TPSA) is 68.8 Å². The van der Waals surface area contributed by atoms with E-state index in [0.717, 1.165) is 25.5 Å². The first-order chi connectivity index (χ1) is 11.1. The average Bonchev–Trinajstić information content (AvgIpc) is 2.81. The van der Waals surface area contributed by atoms with Crippen molar-refractivity contribution < 1.29 is 4.79 Å². The smallest absolute Gasteiger partial charge is 0.222 e. The first-order valence-corrected chi connectivity index (χ1v) is 9.08. The predicted molar refractivity (Wildman–Crippen MR) is 96.7 cm³/mol. The van der Waals surface area contributed by atoms with Crippen molar-refractivity contribution in [2.75, 3.05) is 46.3 Å². The van der Waals surface area contributed by atoms with Crippen molar-refractivity contribution in [2.45, 2.75) is 46.0 Å². The van der Waals surface area contributed by atoms with Gasteiger partial charge in [-0.05, 0) is 38.9 Å². The van der Waals surface area contributed by atoms with Crippen molar-refractivity contribution in [3.63, 3.8) is 0 Å². The van der Waals surface area contributed by atoms with Crippen molar-refractivity contribution in [1.29, 1.82) is 0 Å². The van der Waals surface area contributed by atoms with Crippen LogP contribution in [0.15, 0.2) is 4.99 Å². The molecule has 1 heterocycles. The van der Waals surface area contributed by atoms with Gasteiger partial charge in [0.15, 0.2) is 5.96 Å². The summed E-state index contributed by atoms with van der Waals surface area (Å²) >= 11 is 0. The molecule has 0 aromatic rings. The SMILES string of the molecule is CN=C(NCCCN1CCCCCC1)NCCNC(=O)C(C)C. The number of hydrogen-bond donors (Lipinski definition) is 3. The van der Waals surface area contributed by atoms with Gasteiger partial charge in [-0.1, -0.05) is 26.7 Å². The van der Waals surface area contributed by atoms with E-state index in [1.54, 1.807) is 7.05 Å². The molecule has 0 atom stereocenters. The Morgan fingerprint density at radius 3 is 2.22 bits per heavy atom. The third kappa shape index (κ3) is 9.43. The van der Waals surface area contributed by atoms with Crippen LogP contribution in [0, 0.1) is 5.92 Å². The molecule has 0 bridgehead atoms. The Hall–Kier alpha value is -1.30. The van der Waals surface area contributed by atoms with Crippen LogP contribution in [-0.2, 0) is 4.79 Å². The van der Waals surface area contributed by atoms with E-state index in [-0.39, 0.29) is 11.8 Å². The summed E-state index contributed by atoms with van der Waals surface area (Å²) in [5.74, 6) is 0.929. The van der Waals surface area contributed by atoms with Crippen LogP contribution < -0.4 is 16.0 Å². The molecule has 0 saturated carbocycles. The minimum absolute atomic E-state index is 0.0337. The number of likely N-dealkylation sites (tertiary alicyclic amines) is 1. The number of nitrogens with one attached hydrogen (secondary N) is 3. The molecule has 6 heteroatoms. The molecule has 1 amide bonds. The second-order valence-electron chi connectivity index (χ2n) is 6.48. The molecule has 0 spiro atoms. The van der Waals surface area contributed by atoms with E-state index >= 15 is 0 Å². The van der Waals surface area contributed by atoms with E-state index in [1.807, 2.05) is 13.8 Å². The highest BCUT2D eigenvalue weighted by Crippen LogP contribution is 2.09. The zero-order valence-corrected chi connectivity index (χ0v) is 15.2. The Kier molecular flexibility index (Phi) is 10.4. The third-order valence-corrected chi connectivity index (χ3v) is 4.11. The maximum atomic E-state index is 11.5. The Morgan fingerprint density at radius 1 is 1.00 bits per heavy atom. The van der Waals surface area contributed by atoms with Gasteiger partial charge < -0.3 is 20.9 Å². The van der Waals surface area contributed by atoms with Gasteiger partial charge in [-0.2, -0.15) is 0 Å². The summed E-state index contributed by atoms with van der Waals surface area (Å²) in [6, 6.07) is 0. The highest BCUT2D eigenvalue weighted by molar-refractivity contribution is 5.80. The highest BCUT2D eigenvalue weighted by atomic mass is 16.1. The van der Waals surface area contributed by atoms with E-state index in [4.69, 9.17) is 0 Å². The molecular formula is C17H35N5O. The number of guanidine groups is 1. The molecule has 1 aliphatic heterocycles. The van der Waals surface area contributed by atoms with Gasteiger partial charge in [-0.3, -0.25) is 9.79 Å². The monoisotopic (exact) mass is 325 g/mol. The number of rotatable bonds is 8. The number of nitrogens with zero attached hydrogens (tertiary/aromatic N) is 2. The van der Waals surface area contributed by atoms with Crippen molar-refractivity contribution in [1.82, 2.24) is 20.9 Å². The molecule has 1 rings (SSSR count). The summed E-state index contributed by atoms with van der Waals surface area (Å²) in [7, 11) is 1.77. The van der Waals surface area contributed by atoms with Gasteiger partial charge in [0.1, 0.15) is 0 Å². The van der Waals surface area contributed by atoms with Gasteiger partial charge in [0.05, 0.1) is 0 Å². The van der Waals surface area contributed by atoms with Crippen LogP contribution in [0.5, 0.6) is 0 Å². The fourth-order valence-corrected chi connectivity index (χ4v) is 2.66. The highest BCUT2D eigenvalue weighted by Gasteiger charge is 2.08. The van der Waals surface area contributed by atoms with Crippen LogP contribution >= 0.6 is 0 Å². The molecule has 1 fully saturated rings. The van der Waals surface area contributed by atoms with E-state index in [1.165, 1.54) is 38.8 Å². The third-order valence-electron chi connectivity index (χ3n) is 4.11. The minimum atomic E-state index is 0.0337. The van der Waals surface area contributed by atoms with Gasteiger partial charge in [-0.25, -0.2) is 0 Å². The molecule has 0 aliphatic carbocycles. The largest absolute Gasteiger partial charge is 0.356 e. The summed E-state index contributed by atoms with van der Waals surface area (Å²) in [5, 5.41) is 9.44. The molecule has 3 N–H and O–H groups in total. The van der Waals surface area contributed by atoms with Gasteiger partial charge in [0.2, 0.25) is 5.91 Å². The normalized spacial score (nSPS) is 17.0. The standard InChI is InChI=1S/C17H35N5O/c1-15(2)16(23)19-10-11-21-17(18-3)20-9-8-14-22-12-6-4-5-7-13-22/h15H,4-14H2,1-3H3,(H,19,23)(H2,18,20,21). The molecule has 1 aliphatic rings. The molecule has 23 heavy (non-hydrogen) atoms. The minimum Gasteiger partial charge on any atom is -0.356 e. The molecule has 0 unspecified atom stereocenters. The lowest BCUT2D eigenvalue weighted by atomic mass is 10.2. The maximum absolute atomic E-state index is 11.5. The summed E-state index contributed by atoms with van der Waals surface area (Å²) in [6.07, 6.45) is 6.60. The predicted octanol–water partition coefficient (Wildman–Crippen LogP) is 1.19. The van der Waals surface area contributed by atoms with E-state index < -0.39 is 0 Å². The number of aliphatic imine (C=N–C) groups is 1. The van der Waals surface area contributed by atoms with E-state index in [0.29, 0.717) is 13.1 Å². The summed E-state index contributed by atoms with van der Waals surface area (Å²) in [5.41, 5.74) is 0. The second-order valence-corrected chi connectivity index (χ2v) is 6.48. The Labute approximate surface area is 141 Å². The van der Waals surface area contributed by atoms with Gasteiger partial charge >= 0.3 is 0 Å². The Balaban J connectivity index is 2.06. The van der Waals surface area contributed by atoms with Crippen molar-refractivity contribution in [3.8, 4) is 0 Å². The van der Waals surface area contributed by atoms with Crippen LogP contribution in [0.2, 0.25) is 0 Å².